The van der Waals surface area contributed by atoms with Crippen LogP contribution < -0.4 is 20.1 Å². The number of nitrogen functional groups attached to an aromatic ring is 1. The van der Waals surface area contributed by atoms with E-state index in [4.69, 9.17) is 15.2 Å². The lowest BCUT2D eigenvalue weighted by atomic mass is 9.93. The first-order chi connectivity index (χ1) is 12.7. The van der Waals surface area contributed by atoms with Gasteiger partial charge < -0.3 is 20.1 Å². The molecule has 2 heterocycles. The average Bonchev–Trinajstić information content (AvgIpc) is 2.67. The summed E-state index contributed by atoms with van der Waals surface area (Å²) >= 11 is 0. The van der Waals surface area contributed by atoms with Crippen LogP contribution >= 0.6 is 12.4 Å². The van der Waals surface area contributed by atoms with Gasteiger partial charge in [0.05, 0.1) is 12.5 Å². The molecule has 0 saturated heterocycles. The van der Waals surface area contributed by atoms with Gasteiger partial charge in [0.15, 0.2) is 0 Å². The van der Waals surface area contributed by atoms with Crippen LogP contribution in [0.2, 0.25) is 0 Å². The van der Waals surface area contributed by atoms with E-state index >= 15 is 0 Å². The van der Waals surface area contributed by atoms with Gasteiger partial charge in [-0.2, -0.15) is 0 Å². The van der Waals surface area contributed by atoms with Gasteiger partial charge in [-0.1, -0.05) is 6.07 Å². The first-order valence-electron chi connectivity index (χ1n) is 9.24. The number of rotatable bonds is 3. The van der Waals surface area contributed by atoms with E-state index in [2.05, 4.69) is 0 Å². The normalized spacial score (nSPS) is 17.8. The largest absolute Gasteiger partial charge is 0.494 e. The molecule has 1 unspecified atom stereocenters. The third-order valence-corrected chi connectivity index (χ3v) is 5.15. The predicted octanol–water partition coefficient (Wildman–Crippen LogP) is 3.62. The maximum absolute atomic E-state index is 13.2. The second-order valence-corrected chi connectivity index (χ2v) is 6.85. The number of fused-ring (bicyclic) bond motifs is 2. The Hall–Kier alpha value is -2.40. The molecule has 2 aliphatic rings. The predicted molar refractivity (Wildman–Crippen MR) is 109 cm³/mol. The molecule has 5 nitrogen and oxygen atoms in total. The molecule has 0 aromatic heterocycles. The number of carbonyl (C=O) groups excluding carboxylic acids is 1. The lowest BCUT2D eigenvalue weighted by Gasteiger charge is -2.34. The summed E-state index contributed by atoms with van der Waals surface area (Å²) in [7, 11) is 0. The Morgan fingerprint density at radius 2 is 2.19 bits per heavy atom. The molecule has 144 valence electrons. The van der Waals surface area contributed by atoms with Gasteiger partial charge in [-0.3, -0.25) is 4.79 Å². The van der Waals surface area contributed by atoms with Crippen LogP contribution in [0, 0.1) is 5.92 Å². The zero-order chi connectivity index (χ0) is 18.1. The fraction of sp³-hybridized carbons (Fsp3) is 0.381. The maximum Gasteiger partial charge on any atom is 0.233 e. The summed E-state index contributed by atoms with van der Waals surface area (Å²) < 4.78 is 11.4. The van der Waals surface area contributed by atoms with Gasteiger partial charge in [-0.25, -0.2) is 0 Å². The number of anilines is 2. The van der Waals surface area contributed by atoms with Crippen LogP contribution in [-0.2, 0) is 17.6 Å². The number of carbonyl (C=O) groups is 1. The molecule has 6 heteroatoms. The van der Waals surface area contributed by atoms with Gasteiger partial charge in [0.2, 0.25) is 5.91 Å². The van der Waals surface area contributed by atoms with E-state index in [0.29, 0.717) is 19.6 Å². The van der Waals surface area contributed by atoms with E-state index in [1.807, 2.05) is 48.2 Å². The number of hydrogen-bond donors (Lipinski definition) is 1. The van der Waals surface area contributed by atoms with Crippen LogP contribution in [0.5, 0.6) is 11.5 Å². The molecule has 1 atom stereocenters. The van der Waals surface area contributed by atoms with E-state index in [9.17, 15) is 4.79 Å². The van der Waals surface area contributed by atoms with Gasteiger partial charge in [0.1, 0.15) is 18.1 Å². The van der Waals surface area contributed by atoms with E-state index in [1.54, 1.807) is 0 Å². The number of ether oxygens (including phenoxy) is 2. The van der Waals surface area contributed by atoms with Crippen molar-refractivity contribution >= 4 is 29.7 Å². The van der Waals surface area contributed by atoms with E-state index in [1.165, 1.54) is 0 Å². The zero-order valence-electron chi connectivity index (χ0n) is 15.4. The summed E-state index contributed by atoms with van der Waals surface area (Å²) in [6.07, 6.45) is 2.53. The Bertz CT molecular complexity index is 840. The highest BCUT2D eigenvalue weighted by Gasteiger charge is 2.32. The average molecular weight is 389 g/mol. The summed E-state index contributed by atoms with van der Waals surface area (Å²) in [4.78, 5) is 15.1. The number of halogens is 1. The van der Waals surface area contributed by atoms with Gasteiger partial charge in [-0.05, 0) is 67.6 Å². The van der Waals surface area contributed by atoms with E-state index < -0.39 is 0 Å². The summed E-state index contributed by atoms with van der Waals surface area (Å²) in [6, 6.07) is 11.6. The van der Waals surface area contributed by atoms with Crippen molar-refractivity contribution in [1.29, 1.82) is 0 Å². The number of nitrogens with two attached hydrogens (primary N) is 1. The molecule has 1 amide bonds. The molecule has 4 rings (SSSR count). The summed E-state index contributed by atoms with van der Waals surface area (Å²) in [5.74, 6) is 1.59. The molecule has 0 bridgehead atoms. The molecular weight excluding hydrogens is 364 g/mol. The Morgan fingerprint density at radius 1 is 1.33 bits per heavy atom. The quantitative estimate of drug-likeness (QED) is 0.815. The molecule has 2 N–H and O–H groups in total. The number of benzene rings is 2. The Morgan fingerprint density at radius 3 is 3.00 bits per heavy atom. The fourth-order valence-electron chi connectivity index (χ4n) is 3.89. The molecule has 0 spiro atoms. The van der Waals surface area contributed by atoms with Crippen LogP contribution in [0.3, 0.4) is 0 Å². The topological polar surface area (TPSA) is 64.8 Å². The van der Waals surface area contributed by atoms with Crippen LogP contribution in [-0.4, -0.2) is 25.7 Å². The lowest BCUT2D eigenvalue weighted by molar-refractivity contribution is -0.123. The van der Waals surface area contributed by atoms with Crippen LogP contribution in [0.15, 0.2) is 36.4 Å². The maximum atomic E-state index is 13.2. The van der Waals surface area contributed by atoms with Gasteiger partial charge in [-0.15, -0.1) is 12.4 Å². The van der Waals surface area contributed by atoms with Crippen molar-refractivity contribution in [2.24, 2.45) is 5.92 Å². The molecule has 0 radical (unpaired) electrons. The van der Waals surface area contributed by atoms with Gasteiger partial charge in [0.25, 0.3) is 0 Å². The SMILES string of the molecule is CCOc1ccc2c(c1)CC(C(=O)N1CCCc3c(N)cccc31)CO2.Cl. The summed E-state index contributed by atoms with van der Waals surface area (Å²) in [6.45, 7) is 3.72. The fourth-order valence-corrected chi connectivity index (χ4v) is 3.89. The summed E-state index contributed by atoms with van der Waals surface area (Å²) in [5.41, 5.74) is 9.96. The van der Waals surface area contributed by atoms with Crippen LogP contribution in [0.25, 0.3) is 0 Å². The summed E-state index contributed by atoms with van der Waals surface area (Å²) in [5, 5.41) is 0. The van der Waals surface area contributed by atoms with Gasteiger partial charge >= 0.3 is 0 Å². The molecule has 2 aromatic rings. The van der Waals surface area contributed by atoms with Crippen LogP contribution in [0.1, 0.15) is 24.5 Å². The third-order valence-electron chi connectivity index (χ3n) is 5.15. The molecule has 2 aliphatic heterocycles. The van der Waals surface area contributed by atoms with E-state index in [-0.39, 0.29) is 24.2 Å². The molecular formula is C21H25ClN2O3. The minimum absolute atomic E-state index is 0. The second-order valence-electron chi connectivity index (χ2n) is 6.85. The van der Waals surface area contributed by atoms with Crippen molar-refractivity contribution in [2.45, 2.75) is 26.2 Å². The molecule has 0 fully saturated rings. The highest BCUT2D eigenvalue weighted by molar-refractivity contribution is 5.97. The Kier molecular flexibility index (Phi) is 5.80. The van der Waals surface area contributed by atoms with Crippen molar-refractivity contribution < 1.29 is 14.3 Å². The van der Waals surface area contributed by atoms with Gasteiger partial charge in [0, 0.05) is 17.9 Å². The monoisotopic (exact) mass is 388 g/mol. The second kappa shape index (κ2) is 8.09. The molecule has 27 heavy (non-hydrogen) atoms. The van der Waals surface area contributed by atoms with E-state index in [0.717, 1.165) is 53.4 Å². The molecule has 0 saturated carbocycles. The highest BCUT2D eigenvalue weighted by atomic mass is 35.5. The minimum Gasteiger partial charge on any atom is -0.494 e. The van der Waals surface area contributed by atoms with Crippen molar-refractivity contribution in [1.82, 2.24) is 0 Å². The number of amides is 1. The first kappa shape index (κ1) is 19.4. The van der Waals surface area contributed by atoms with Crippen molar-refractivity contribution in [2.75, 3.05) is 30.4 Å². The first-order valence-corrected chi connectivity index (χ1v) is 9.24. The smallest absolute Gasteiger partial charge is 0.233 e. The number of nitrogens with zero attached hydrogens (tertiary/aromatic N) is 1. The highest BCUT2D eigenvalue weighted by Crippen LogP contribution is 2.35. The Balaban J connectivity index is 0.00000210. The molecule has 2 aromatic carbocycles. The number of hydrogen-bond acceptors (Lipinski definition) is 4. The Labute approximate surface area is 165 Å². The van der Waals surface area contributed by atoms with Crippen LogP contribution in [0.4, 0.5) is 11.4 Å². The standard InChI is InChI=1S/C21H24N2O3.ClH/c1-2-25-16-8-9-20-14(12-16)11-15(13-26-20)21(24)23-10-4-5-17-18(22)6-3-7-19(17)23;/h3,6-9,12,15H,2,4-5,10-11,13,22H2,1H3;1H. The van der Waals surface area contributed by atoms with Crippen molar-refractivity contribution in [3.05, 3.63) is 47.5 Å². The third kappa shape index (κ3) is 3.69. The minimum atomic E-state index is -0.188. The molecule has 0 aliphatic carbocycles. The van der Waals surface area contributed by atoms with Crippen molar-refractivity contribution in [3.8, 4) is 11.5 Å². The lowest BCUT2D eigenvalue weighted by Crippen LogP contribution is -2.43. The zero-order valence-corrected chi connectivity index (χ0v) is 16.3. The van der Waals surface area contributed by atoms with Crippen molar-refractivity contribution in [3.63, 3.8) is 0 Å².